The molecule has 2 N–H and O–H groups in total. The molecule has 0 spiro atoms. The molecule has 1 aromatic carbocycles. The number of hydrogen-bond donors (Lipinski definition) is 1. The highest BCUT2D eigenvalue weighted by atomic mass is 35.5. The first-order chi connectivity index (χ1) is 8.84. The second-order valence-corrected chi connectivity index (χ2v) is 7.44. The minimum absolute atomic E-state index is 0.0133. The highest BCUT2D eigenvalue weighted by molar-refractivity contribution is 7.89. The van der Waals surface area contributed by atoms with Crippen molar-refractivity contribution in [2.24, 2.45) is 5.73 Å². The molecule has 0 saturated carbocycles. The average molecular weight is 323 g/mol. The molecule has 0 aliphatic carbocycles. The van der Waals surface area contributed by atoms with E-state index in [9.17, 15) is 8.42 Å². The van der Waals surface area contributed by atoms with E-state index in [4.69, 9.17) is 28.9 Å². The van der Waals surface area contributed by atoms with Gasteiger partial charge in [-0.05, 0) is 31.9 Å². The third kappa shape index (κ3) is 2.90. The second-order valence-electron chi connectivity index (χ2n) is 4.80. The molecule has 0 amide bonds. The van der Waals surface area contributed by atoms with Crippen LogP contribution in [0.15, 0.2) is 23.1 Å². The fraction of sp³-hybridized carbons (Fsp3) is 0.500. The summed E-state index contributed by atoms with van der Waals surface area (Å²) in [6.07, 6.45) is 1.28. The molecule has 106 valence electrons. The first kappa shape index (κ1) is 15.1. The van der Waals surface area contributed by atoms with Crippen LogP contribution in [0.1, 0.15) is 19.8 Å². The Morgan fingerprint density at radius 1 is 1.32 bits per heavy atom. The lowest BCUT2D eigenvalue weighted by Crippen LogP contribution is -2.48. The van der Waals surface area contributed by atoms with Gasteiger partial charge in [0, 0.05) is 18.6 Å². The number of nitrogens with two attached hydrogens (primary N) is 1. The van der Waals surface area contributed by atoms with E-state index in [0.29, 0.717) is 19.4 Å². The van der Waals surface area contributed by atoms with Crippen LogP contribution in [0.5, 0.6) is 0 Å². The number of rotatable bonds is 2. The maximum Gasteiger partial charge on any atom is 0.246 e. The SMILES string of the molecule is CC1CC(N)CCN1S(=O)(=O)c1c(Cl)cccc1Cl. The smallest absolute Gasteiger partial charge is 0.246 e. The monoisotopic (exact) mass is 322 g/mol. The van der Waals surface area contributed by atoms with Crippen molar-refractivity contribution in [3.05, 3.63) is 28.2 Å². The third-order valence-electron chi connectivity index (χ3n) is 3.34. The molecule has 1 aliphatic heterocycles. The van der Waals surface area contributed by atoms with Gasteiger partial charge >= 0.3 is 0 Å². The van der Waals surface area contributed by atoms with Gasteiger partial charge in [0.25, 0.3) is 0 Å². The molecule has 0 aromatic heterocycles. The van der Waals surface area contributed by atoms with Crippen LogP contribution in [0.3, 0.4) is 0 Å². The van der Waals surface area contributed by atoms with Crippen LogP contribution in [0.25, 0.3) is 0 Å². The van der Waals surface area contributed by atoms with E-state index < -0.39 is 10.0 Å². The Labute approximate surface area is 123 Å². The van der Waals surface area contributed by atoms with Crippen LogP contribution >= 0.6 is 23.2 Å². The Morgan fingerprint density at radius 3 is 2.42 bits per heavy atom. The molecular formula is C12H16Cl2N2O2S. The van der Waals surface area contributed by atoms with Gasteiger partial charge in [-0.25, -0.2) is 8.42 Å². The zero-order chi connectivity index (χ0) is 14.2. The van der Waals surface area contributed by atoms with Crippen molar-refractivity contribution in [1.29, 1.82) is 0 Å². The van der Waals surface area contributed by atoms with Crippen LogP contribution in [-0.4, -0.2) is 31.4 Å². The minimum Gasteiger partial charge on any atom is -0.328 e. The normalized spacial score (nSPS) is 25.5. The topological polar surface area (TPSA) is 63.4 Å². The van der Waals surface area contributed by atoms with E-state index in [1.807, 2.05) is 6.92 Å². The molecule has 2 unspecified atom stereocenters. The Bertz CT molecular complexity index is 557. The maximum absolute atomic E-state index is 12.7. The van der Waals surface area contributed by atoms with E-state index in [-0.39, 0.29) is 27.0 Å². The number of hydrogen-bond acceptors (Lipinski definition) is 3. The molecule has 1 saturated heterocycles. The predicted molar refractivity (Wildman–Crippen MR) is 77.0 cm³/mol. The molecule has 1 heterocycles. The van der Waals surface area contributed by atoms with Crippen molar-refractivity contribution in [2.45, 2.75) is 36.7 Å². The highest BCUT2D eigenvalue weighted by Crippen LogP contribution is 2.34. The number of sulfonamides is 1. The van der Waals surface area contributed by atoms with Crippen molar-refractivity contribution < 1.29 is 8.42 Å². The molecule has 19 heavy (non-hydrogen) atoms. The summed E-state index contributed by atoms with van der Waals surface area (Å²) in [7, 11) is -3.68. The lowest BCUT2D eigenvalue weighted by atomic mass is 10.0. The molecule has 1 fully saturated rings. The van der Waals surface area contributed by atoms with Crippen molar-refractivity contribution in [1.82, 2.24) is 4.31 Å². The summed E-state index contributed by atoms with van der Waals surface area (Å²) in [5, 5.41) is 0.296. The van der Waals surface area contributed by atoms with Gasteiger partial charge in [0.05, 0.1) is 10.0 Å². The van der Waals surface area contributed by atoms with E-state index in [0.717, 1.165) is 0 Å². The quantitative estimate of drug-likeness (QED) is 0.909. The molecule has 1 aliphatic rings. The summed E-state index contributed by atoms with van der Waals surface area (Å²) >= 11 is 12.0. The predicted octanol–water partition coefficient (Wildman–Crippen LogP) is 2.49. The molecule has 2 rings (SSSR count). The summed E-state index contributed by atoms with van der Waals surface area (Å²) < 4.78 is 26.8. The van der Waals surface area contributed by atoms with Gasteiger partial charge in [0.15, 0.2) is 0 Å². The number of nitrogens with zero attached hydrogens (tertiary/aromatic N) is 1. The Hall–Kier alpha value is -0.330. The van der Waals surface area contributed by atoms with E-state index in [2.05, 4.69) is 0 Å². The summed E-state index contributed by atoms with van der Waals surface area (Å²) in [5.41, 5.74) is 5.86. The largest absolute Gasteiger partial charge is 0.328 e. The summed E-state index contributed by atoms with van der Waals surface area (Å²) in [4.78, 5) is -0.0133. The van der Waals surface area contributed by atoms with Gasteiger partial charge in [0.1, 0.15) is 4.90 Å². The number of benzene rings is 1. The number of piperidine rings is 1. The number of halogens is 2. The minimum atomic E-state index is -3.68. The Balaban J connectivity index is 2.43. The van der Waals surface area contributed by atoms with Crippen LogP contribution in [-0.2, 0) is 10.0 Å². The average Bonchev–Trinajstić information content (AvgIpc) is 2.27. The van der Waals surface area contributed by atoms with Crippen molar-refractivity contribution >= 4 is 33.2 Å². The van der Waals surface area contributed by atoms with Gasteiger partial charge < -0.3 is 5.73 Å². The second kappa shape index (κ2) is 5.58. The van der Waals surface area contributed by atoms with Gasteiger partial charge in [-0.15, -0.1) is 0 Å². The van der Waals surface area contributed by atoms with Gasteiger partial charge in [-0.2, -0.15) is 4.31 Å². The van der Waals surface area contributed by atoms with Crippen LogP contribution < -0.4 is 5.73 Å². The first-order valence-corrected chi connectivity index (χ1v) is 8.25. The Kier molecular flexibility index (Phi) is 4.42. The Morgan fingerprint density at radius 2 is 1.89 bits per heavy atom. The molecule has 0 bridgehead atoms. The molecule has 1 aromatic rings. The zero-order valence-corrected chi connectivity index (χ0v) is 12.8. The fourth-order valence-electron chi connectivity index (χ4n) is 2.39. The lowest BCUT2D eigenvalue weighted by molar-refractivity contribution is 0.247. The lowest BCUT2D eigenvalue weighted by Gasteiger charge is -2.35. The maximum atomic E-state index is 12.7. The molecule has 2 atom stereocenters. The summed E-state index contributed by atoms with van der Waals surface area (Å²) in [6, 6.07) is 4.57. The molecule has 7 heteroatoms. The first-order valence-electron chi connectivity index (χ1n) is 6.05. The van der Waals surface area contributed by atoms with Crippen molar-refractivity contribution in [3.63, 3.8) is 0 Å². The van der Waals surface area contributed by atoms with Gasteiger partial charge in [-0.1, -0.05) is 29.3 Å². The van der Waals surface area contributed by atoms with Crippen LogP contribution in [0.4, 0.5) is 0 Å². The highest BCUT2D eigenvalue weighted by Gasteiger charge is 2.35. The van der Waals surface area contributed by atoms with Crippen LogP contribution in [0, 0.1) is 0 Å². The standard InChI is InChI=1S/C12H16Cl2N2O2S/c1-8-7-9(15)5-6-16(8)19(17,18)12-10(13)3-2-4-11(12)14/h2-4,8-9H,5-7,15H2,1H3. The molecule has 0 radical (unpaired) electrons. The third-order valence-corrected chi connectivity index (χ3v) is 6.31. The fourth-order valence-corrected chi connectivity index (χ4v) is 5.14. The molecule has 4 nitrogen and oxygen atoms in total. The van der Waals surface area contributed by atoms with Gasteiger partial charge in [0.2, 0.25) is 10.0 Å². The van der Waals surface area contributed by atoms with E-state index >= 15 is 0 Å². The van der Waals surface area contributed by atoms with E-state index in [1.54, 1.807) is 6.07 Å². The van der Waals surface area contributed by atoms with E-state index in [1.165, 1.54) is 16.4 Å². The van der Waals surface area contributed by atoms with Crippen molar-refractivity contribution in [2.75, 3.05) is 6.54 Å². The van der Waals surface area contributed by atoms with Gasteiger partial charge in [-0.3, -0.25) is 0 Å². The van der Waals surface area contributed by atoms with Crippen molar-refractivity contribution in [3.8, 4) is 0 Å². The van der Waals surface area contributed by atoms with Crippen LogP contribution in [0.2, 0.25) is 10.0 Å². The zero-order valence-electron chi connectivity index (χ0n) is 10.5. The summed E-state index contributed by atoms with van der Waals surface area (Å²) in [6.45, 7) is 2.24. The molecular weight excluding hydrogens is 307 g/mol. The summed E-state index contributed by atoms with van der Waals surface area (Å²) in [5.74, 6) is 0.